The first kappa shape index (κ1) is 23.4. The molecule has 5 rings (SSSR count). The van der Waals surface area contributed by atoms with E-state index in [0.717, 1.165) is 30.8 Å². The summed E-state index contributed by atoms with van der Waals surface area (Å²) in [7, 11) is 0. The largest absolute Gasteiger partial charge is 0.444 e. The lowest BCUT2D eigenvalue weighted by Gasteiger charge is -2.40. The number of aryl methyl sites for hydroxylation is 1. The molecule has 3 aromatic rings. The van der Waals surface area contributed by atoms with Crippen LogP contribution in [0.25, 0.3) is 11.6 Å². The lowest BCUT2D eigenvalue weighted by molar-refractivity contribution is 0.0118. The third-order valence-corrected chi connectivity index (χ3v) is 6.84. The van der Waals surface area contributed by atoms with E-state index in [0.29, 0.717) is 13.1 Å². The van der Waals surface area contributed by atoms with Gasteiger partial charge in [-0.1, -0.05) is 30.3 Å². The second-order valence-electron chi connectivity index (χ2n) is 10.4. The van der Waals surface area contributed by atoms with Crippen LogP contribution in [0.5, 0.6) is 0 Å². The molecule has 1 aliphatic carbocycles. The number of aromatic nitrogens is 2. The Morgan fingerprint density at radius 2 is 1.86 bits per heavy atom. The molecule has 35 heavy (non-hydrogen) atoms. The highest BCUT2D eigenvalue weighted by atomic mass is 16.6. The van der Waals surface area contributed by atoms with Crippen molar-refractivity contribution in [3.8, 4) is 0 Å². The molecule has 1 amide bonds. The number of piperazine rings is 1. The van der Waals surface area contributed by atoms with Crippen molar-refractivity contribution in [3.63, 3.8) is 0 Å². The number of rotatable bonds is 3. The van der Waals surface area contributed by atoms with Crippen molar-refractivity contribution in [2.45, 2.75) is 45.8 Å². The predicted molar refractivity (Wildman–Crippen MR) is 139 cm³/mol. The summed E-state index contributed by atoms with van der Waals surface area (Å²) >= 11 is 0. The average molecular weight is 471 g/mol. The summed E-state index contributed by atoms with van der Waals surface area (Å²) in [6, 6.07) is 15.1. The first-order chi connectivity index (χ1) is 16.8. The molecule has 182 valence electrons. The van der Waals surface area contributed by atoms with E-state index in [4.69, 9.17) is 9.72 Å². The maximum Gasteiger partial charge on any atom is 0.410 e. The predicted octanol–water partition coefficient (Wildman–Crippen LogP) is 5.46. The van der Waals surface area contributed by atoms with Crippen LogP contribution in [-0.2, 0) is 11.2 Å². The van der Waals surface area contributed by atoms with Crippen molar-refractivity contribution in [2.24, 2.45) is 0 Å². The van der Waals surface area contributed by atoms with E-state index in [2.05, 4.69) is 59.3 Å². The van der Waals surface area contributed by atoms with Crippen LogP contribution in [0.1, 0.15) is 60.5 Å². The summed E-state index contributed by atoms with van der Waals surface area (Å²) in [6.45, 7) is 10.7. The van der Waals surface area contributed by atoms with Gasteiger partial charge in [0.15, 0.2) is 0 Å². The number of H-pyrrole nitrogens is 1. The van der Waals surface area contributed by atoms with Crippen molar-refractivity contribution >= 4 is 17.7 Å². The smallest absolute Gasteiger partial charge is 0.410 e. The average Bonchev–Trinajstić information content (AvgIpc) is 3.17. The second kappa shape index (κ2) is 9.34. The molecule has 1 N–H and O–H groups in total. The van der Waals surface area contributed by atoms with Crippen LogP contribution < -0.4 is 0 Å². The van der Waals surface area contributed by atoms with Crippen LogP contribution >= 0.6 is 0 Å². The van der Waals surface area contributed by atoms with Gasteiger partial charge in [-0.25, -0.2) is 4.79 Å². The van der Waals surface area contributed by atoms with Gasteiger partial charge in [-0.05, 0) is 80.2 Å². The molecule has 1 fully saturated rings. The third-order valence-electron chi connectivity index (χ3n) is 6.84. The van der Waals surface area contributed by atoms with Gasteiger partial charge < -0.3 is 14.6 Å². The van der Waals surface area contributed by atoms with Gasteiger partial charge in [-0.15, -0.1) is 0 Å². The summed E-state index contributed by atoms with van der Waals surface area (Å²) in [4.78, 5) is 25.1. The quantitative estimate of drug-likeness (QED) is 0.552. The molecule has 0 saturated carbocycles. The van der Waals surface area contributed by atoms with Crippen molar-refractivity contribution in [2.75, 3.05) is 26.2 Å². The third kappa shape index (κ3) is 4.89. The van der Waals surface area contributed by atoms with E-state index in [1.165, 1.54) is 28.0 Å². The van der Waals surface area contributed by atoms with E-state index >= 15 is 0 Å². The van der Waals surface area contributed by atoms with Crippen LogP contribution in [0.15, 0.2) is 54.9 Å². The number of allylic oxidation sites excluding steroid dienone is 1. The molecule has 1 saturated heterocycles. The minimum atomic E-state index is -0.489. The van der Waals surface area contributed by atoms with Crippen molar-refractivity contribution < 1.29 is 9.53 Å². The number of carbonyl (C=O) groups excluding carboxylic acids is 1. The number of hydrogen-bond donors (Lipinski definition) is 1. The Morgan fingerprint density at radius 3 is 2.57 bits per heavy atom. The van der Waals surface area contributed by atoms with Gasteiger partial charge in [0.05, 0.1) is 11.7 Å². The molecule has 0 bridgehead atoms. The number of carbonyl (C=O) groups is 1. The normalized spacial score (nSPS) is 18.3. The van der Waals surface area contributed by atoms with Crippen molar-refractivity contribution in [1.29, 1.82) is 0 Å². The number of hydrogen-bond acceptors (Lipinski definition) is 4. The summed E-state index contributed by atoms with van der Waals surface area (Å²) in [6.07, 6.45) is 6.84. The first-order valence-electron chi connectivity index (χ1n) is 12.4. The van der Waals surface area contributed by atoms with Gasteiger partial charge in [0, 0.05) is 44.3 Å². The molecule has 3 heterocycles. The summed E-state index contributed by atoms with van der Waals surface area (Å²) < 4.78 is 5.61. The molecule has 1 aliphatic heterocycles. The monoisotopic (exact) mass is 470 g/mol. The van der Waals surface area contributed by atoms with E-state index in [9.17, 15) is 4.79 Å². The topological polar surface area (TPSA) is 61.5 Å². The van der Waals surface area contributed by atoms with Crippen LogP contribution in [0.4, 0.5) is 4.79 Å². The first-order valence-corrected chi connectivity index (χ1v) is 12.4. The summed E-state index contributed by atoms with van der Waals surface area (Å²) in [5, 5.41) is 0. The number of ether oxygens (including phenoxy) is 1. The molecular weight excluding hydrogens is 436 g/mol. The number of nitrogens with zero attached hydrogens (tertiary/aromatic N) is 3. The van der Waals surface area contributed by atoms with E-state index in [-0.39, 0.29) is 12.1 Å². The molecule has 2 aliphatic rings. The van der Waals surface area contributed by atoms with E-state index in [1.54, 1.807) is 0 Å². The number of amides is 1. The fraction of sp³-hybridized carbons (Fsp3) is 0.379. The molecule has 0 spiro atoms. The fourth-order valence-electron chi connectivity index (χ4n) is 5.11. The highest BCUT2D eigenvalue weighted by Crippen LogP contribution is 2.40. The number of aromatic amines is 1. The van der Waals surface area contributed by atoms with E-state index < -0.39 is 5.60 Å². The maximum absolute atomic E-state index is 12.6. The lowest BCUT2D eigenvalue weighted by atomic mass is 9.91. The summed E-state index contributed by atoms with van der Waals surface area (Å²) in [5.74, 6) is 0. The van der Waals surface area contributed by atoms with Crippen molar-refractivity contribution in [3.05, 3.63) is 88.5 Å². The Kier molecular flexibility index (Phi) is 6.24. The number of benzene rings is 1. The molecule has 6 nitrogen and oxygen atoms in total. The lowest BCUT2D eigenvalue weighted by Crippen LogP contribution is -2.51. The minimum absolute atomic E-state index is 0.0317. The zero-order valence-corrected chi connectivity index (χ0v) is 21.0. The Hall–Kier alpha value is -3.38. The Labute approximate surface area is 207 Å². The SMILES string of the molecule is Cc1[nH]ccc1CC1=Cc2cccnc2C(N2CCN(C(=O)OC(C)(C)C)CC2)c2ccccc21. The Bertz CT molecular complexity index is 1250. The minimum Gasteiger partial charge on any atom is -0.444 e. The second-order valence-corrected chi connectivity index (χ2v) is 10.4. The number of nitrogens with one attached hydrogen (secondary N) is 1. The summed E-state index contributed by atoms with van der Waals surface area (Å²) in [5.41, 5.74) is 8.10. The maximum atomic E-state index is 12.6. The van der Waals surface area contributed by atoms with Gasteiger partial charge in [-0.2, -0.15) is 0 Å². The van der Waals surface area contributed by atoms with Gasteiger partial charge in [0.1, 0.15) is 5.60 Å². The zero-order valence-electron chi connectivity index (χ0n) is 21.0. The van der Waals surface area contributed by atoms with Gasteiger partial charge >= 0.3 is 6.09 Å². The Balaban J connectivity index is 1.48. The molecule has 1 aromatic carbocycles. The highest BCUT2D eigenvalue weighted by Gasteiger charge is 2.34. The van der Waals surface area contributed by atoms with Gasteiger partial charge in [0.2, 0.25) is 0 Å². The van der Waals surface area contributed by atoms with Crippen LogP contribution in [0.3, 0.4) is 0 Å². The molecule has 2 aromatic heterocycles. The highest BCUT2D eigenvalue weighted by molar-refractivity contribution is 5.86. The van der Waals surface area contributed by atoms with Gasteiger partial charge in [-0.3, -0.25) is 9.88 Å². The molecular formula is C29H34N4O2. The fourth-order valence-corrected chi connectivity index (χ4v) is 5.11. The van der Waals surface area contributed by atoms with Gasteiger partial charge in [0.25, 0.3) is 0 Å². The molecule has 6 heteroatoms. The molecule has 1 atom stereocenters. The van der Waals surface area contributed by atoms with Crippen LogP contribution in [-0.4, -0.2) is 57.6 Å². The van der Waals surface area contributed by atoms with Crippen LogP contribution in [0, 0.1) is 6.92 Å². The molecule has 0 radical (unpaired) electrons. The molecule has 1 unspecified atom stereocenters. The van der Waals surface area contributed by atoms with Crippen molar-refractivity contribution in [1.82, 2.24) is 19.8 Å². The Morgan fingerprint density at radius 1 is 1.09 bits per heavy atom. The zero-order chi connectivity index (χ0) is 24.6. The van der Waals surface area contributed by atoms with Crippen LogP contribution in [0.2, 0.25) is 0 Å². The number of fused-ring (bicyclic) bond motifs is 2. The van der Waals surface area contributed by atoms with E-state index in [1.807, 2.05) is 44.1 Å². The number of pyridine rings is 1. The standard InChI is InChI=1S/C29H34N4O2/c1-20-21(11-13-30-20)18-23-19-22-8-7-12-31-26(22)27(25-10-6-5-9-24(23)25)32-14-16-33(17-15-32)28(34)35-29(2,3)4/h5-13,19,27,30H,14-18H2,1-4H3.